The number of hydrogen-bond acceptors (Lipinski definition) is 5. The van der Waals surface area contributed by atoms with Crippen molar-refractivity contribution in [2.75, 3.05) is 10.6 Å². The van der Waals surface area contributed by atoms with Gasteiger partial charge in [0.1, 0.15) is 11.6 Å². The second-order valence-corrected chi connectivity index (χ2v) is 7.40. The second-order valence-electron chi connectivity index (χ2n) is 7.40. The van der Waals surface area contributed by atoms with Gasteiger partial charge in [-0.2, -0.15) is 0 Å². The summed E-state index contributed by atoms with van der Waals surface area (Å²) in [5, 5.41) is 8.77. The van der Waals surface area contributed by atoms with Crippen LogP contribution in [0.1, 0.15) is 24.4 Å². The first-order valence-electron chi connectivity index (χ1n) is 10.5. The molecule has 4 rings (SSSR count). The van der Waals surface area contributed by atoms with Crippen LogP contribution < -0.4 is 21.5 Å². The Morgan fingerprint density at radius 1 is 0.939 bits per heavy atom. The number of hydrogen-bond donors (Lipinski definition) is 4. The number of para-hydroxylation sites is 1. The van der Waals surface area contributed by atoms with Crippen molar-refractivity contribution in [2.45, 2.75) is 25.8 Å². The highest BCUT2D eigenvalue weighted by Crippen LogP contribution is 2.14. The summed E-state index contributed by atoms with van der Waals surface area (Å²) in [6.07, 6.45) is 2.86. The van der Waals surface area contributed by atoms with Gasteiger partial charge < -0.3 is 25.4 Å². The van der Waals surface area contributed by atoms with Gasteiger partial charge in [-0.1, -0.05) is 12.1 Å². The third-order valence-corrected chi connectivity index (χ3v) is 4.91. The fraction of sp³-hybridized carbons (Fsp3) is 0.167. The van der Waals surface area contributed by atoms with Gasteiger partial charge in [0.15, 0.2) is 0 Å². The third-order valence-electron chi connectivity index (χ3n) is 4.91. The Kier molecular flexibility index (Phi) is 6.79. The number of anilines is 2. The molecule has 0 aliphatic heterocycles. The molecule has 4 aromatic rings. The highest BCUT2D eigenvalue weighted by atomic mass is 16.3. The topological polar surface area (TPSA) is 129 Å². The Bertz CT molecular complexity index is 1300. The van der Waals surface area contributed by atoms with Gasteiger partial charge in [-0.25, -0.2) is 9.78 Å². The minimum Gasteiger partial charge on any atom is -0.467 e. The maximum atomic E-state index is 12.3. The Morgan fingerprint density at radius 2 is 1.70 bits per heavy atom. The minimum atomic E-state index is -0.358. The number of fused-ring (bicyclic) bond motifs is 1. The molecule has 0 fully saturated rings. The lowest BCUT2D eigenvalue weighted by Crippen LogP contribution is -2.27. The number of aromatic nitrogens is 2. The number of nitrogens with one attached hydrogen (secondary N) is 4. The van der Waals surface area contributed by atoms with Crippen LogP contribution in [0.4, 0.5) is 16.2 Å². The van der Waals surface area contributed by atoms with E-state index < -0.39 is 0 Å². The van der Waals surface area contributed by atoms with E-state index in [9.17, 15) is 14.4 Å². The second kappa shape index (κ2) is 10.3. The molecule has 0 unspecified atom stereocenters. The molecule has 0 saturated heterocycles. The molecular formula is C24H23N5O4. The van der Waals surface area contributed by atoms with Crippen LogP contribution in [-0.4, -0.2) is 21.9 Å². The number of urea groups is 1. The number of amides is 3. The van der Waals surface area contributed by atoms with Gasteiger partial charge in [0.2, 0.25) is 5.91 Å². The van der Waals surface area contributed by atoms with Crippen molar-refractivity contribution in [1.29, 1.82) is 0 Å². The molecule has 0 radical (unpaired) electrons. The van der Waals surface area contributed by atoms with Crippen molar-refractivity contribution < 1.29 is 14.0 Å². The van der Waals surface area contributed by atoms with E-state index in [0.29, 0.717) is 46.7 Å². The molecule has 168 valence electrons. The molecule has 9 heteroatoms. The van der Waals surface area contributed by atoms with E-state index in [0.717, 1.165) is 0 Å². The number of carbonyl (C=O) groups is 2. The minimum absolute atomic E-state index is 0.143. The number of nitrogens with zero attached hydrogens (tertiary/aromatic N) is 1. The molecule has 9 nitrogen and oxygen atoms in total. The van der Waals surface area contributed by atoms with Gasteiger partial charge in [-0.05, 0) is 55.0 Å². The normalized spacial score (nSPS) is 10.7. The van der Waals surface area contributed by atoms with E-state index in [1.165, 1.54) is 0 Å². The summed E-state index contributed by atoms with van der Waals surface area (Å²) < 4.78 is 5.16. The maximum absolute atomic E-state index is 12.3. The van der Waals surface area contributed by atoms with Crippen molar-refractivity contribution in [2.24, 2.45) is 0 Å². The van der Waals surface area contributed by atoms with E-state index >= 15 is 0 Å². The van der Waals surface area contributed by atoms with E-state index in [1.54, 1.807) is 60.9 Å². The predicted molar refractivity (Wildman–Crippen MR) is 125 cm³/mol. The quantitative estimate of drug-likeness (QED) is 0.328. The monoisotopic (exact) mass is 445 g/mol. The third kappa shape index (κ3) is 6.07. The molecule has 2 aromatic heterocycles. The average Bonchev–Trinajstić information content (AvgIpc) is 3.33. The first-order valence-corrected chi connectivity index (χ1v) is 10.5. The average molecular weight is 445 g/mol. The van der Waals surface area contributed by atoms with Gasteiger partial charge in [0, 0.05) is 24.2 Å². The Labute approximate surface area is 189 Å². The number of benzene rings is 2. The van der Waals surface area contributed by atoms with Crippen LogP contribution in [0, 0.1) is 0 Å². The first kappa shape index (κ1) is 21.8. The maximum Gasteiger partial charge on any atom is 0.319 e. The van der Waals surface area contributed by atoms with Crippen molar-refractivity contribution in [3.05, 3.63) is 88.9 Å². The Morgan fingerprint density at radius 3 is 2.45 bits per heavy atom. The molecule has 0 aliphatic carbocycles. The van der Waals surface area contributed by atoms with Gasteiger partial charge >= 0.3 is 6.03 Å². The zero-order valence-electron chi connectivity index (χ0n) is 17.8. The smallest absolute Gasteiger partial charge is 0.319 e. The van der Waals surface area contributed by atoms with Crippen LogP contribution in [0.3, 0.4) is 0 Å². The standard InChI is InChI=1S/C24H23N5O4/c30-22(9-3-8-21-28-20-7-2-1-6-19(20)23(31)29-21)26-16-10-12-17(13-11-16)27-24(32)25-15-18-5-4-14-33-18/h1-2,4-7,10-14H,3,8-9,15H2,(H,26,30)(H2,25,27,32)(H,28,29,31). The Hall–Kier alpha value is -4.40. The molecule has 33 heavy (non-hydrogen) atoms. The molecule has 0 atom stereocenters. The molecule has 3 amide bonds. The van der Waals surface area contributed by atoms with Crippen molar-refractivity contribution >= 4 is 34.2 Å². The van der Waals surface area contributed by atoms with E-state index in [2.05, 4.69) is 25.9 Å². The largest absolute Gasteiger partial charge is 0.467 e. The highest BCUT2D eigenvalue weighted by molar-refractivity contribution is 5.92. The summed E-state index contributed by atoms with van der Waals surface area (Å²) in [7, 11) is 0. The summed E-state index contributed by atoms with van der Waals surface area (Å²) in [5.41, 5.74) is 1.68. The number of carbonyl (C=O) groups excluding carboxylic acids is 2. The fourth-order valence-electron chi connectivity index (χ4n) is 3.29. The molecule has 0 bridgehead atoms. The van der Waals surface area contributed by atoms with Crippen LogP contribution in [0.5, 0.6) is 0 Å². The zero-order chi connectivity index (χ0) is 23.0. The van der Waals surface area contributed by atoms with Crippen LogP contribution >= 0.6 is 0 Å². The van der Waals surface area contributed by atoms with Crippen molar-refractivity contribution in [1.82, 2.24) is 15.3 Å². The number of H-pyrrole nitrogens is 1. The van der Waals surface area contributed by atoms with Gasteiger partial charge in [-0.3, -0.25) is 9.59 Å². The van der Waals surface area contributed by atoms with Crippen LogP contribution in [-0.2, 0) is 17.8 Å². The van der Waals surface area contributed by atoms with Crippen molar-refractivity contribution in [3.8, 4) is 0 Å². The number of rotatable bonds is 8. The van der Waals surface area contributed by atoms with Crippen LogP contribution in [0.15, 0.2) is 76.1 Å². The summed E-state index contributed by atoms with van der Waals surface area (Å²) >= 11 is 0. The van der Waals surface area contributed by atoms with Gasteiger partial charge in [0.25, 0.3) is 5.56 Å². The first-order chi connectivity index (χ1) is 16.1. The lowest BCUT2D eigenvalue weighted by molar-refractivity contribution is -0.116. The molecule has 2 aromatic carbocycles. The Balaban J connectivity index is 1.22. The zero-order valence-corrected chi connectivity index (χ0v) is 17.8. The summed E-state index contributed by atoms with van der Waals surface area (Å²) in [6.45, 7) is 0.287. The number of furan rings is 1. The summed E-state index contributed by atoms with van der Waals surface area (Å²) in [6, 6.07) is 17.1. The molecular weight excluding hydrogens is 422 g/mol. The lowest BCUT2D eigenvalue weighted by atomic mass is 10.2. The number of aromatic amines is 1. The molecule has 0 aliphatic rings. The van der Waals surface area contributed by atoms with Crippen molar-refractivity contribution in [3.63, 3.8) is 0 Å². The molecule has 4 N–H and O–H groups in total. The SMILES string of the molecule is O=C(CCCc1nc2ccccc2c(=O)[nH]1)Nc1ccc(NC(=O)NCc2ccco2)cc1. The van der Waals surface area contributed by atoms with E-state index in [-0.39, 0.29) is 30.5 Å². The highest BCUT2D eigenvalue weighted by Gasteiger charge is 2.07. The van der Waals surface area contributed by atoms with Gasteiger partial charge in [0.05, 0.1) is 23.7 Å². The predicted octanol–water partition coefficient (Wildman–Crippen LogP) is 3.80. The van der Waals surface area contributed by atoms with E-state index in [4.69, 9.17) is 4.42 Å². The summed E-state index contributed by atoms with van der Waals surface area (Å²) in [5.74, 6) is 1.08. The molecule has 0 saturated carbocycles. The number of aryl methyl sites for hydroxylation is 1. The van der Waals surface area contributed by atoms with Crippen LogP contribution in [0.25, 0.3) is 10.9 Å². The lowest BCUT2D eigenvalue weighted by Gasteiger charge is -2.09. The molecule has 0 spiro atoms. The van der Waals surface area contributed by atoms with Crippen LogP contribution in [0.2, 0.25) is 0 Å². The van der Waals surface area contributed by atoms with Gasteiger partial charge in [-0.15, -0.1) is 0 Å². The fourth-order valence-corrected chi connectivity index (χ4v) is 3.29. The summed E-state index contributed by atoms with van der Waals surface area (Å²) in [4.78, 5) is 43.5. The van der Waals surface area contributed by atoms with E-state index in [1.807, 2.05) is 6.07 Å². The molecule has 2 heterocycles.